The highest BCUT2D eigenvalue weighted by atomic mass is 80.0. The van der Waals surface area contributed by atoms with Crippen LogP contribution in [-0.4, -0.2) is 26.0 Å². The molecule has 0 amide bonds. The molecule has 0 aliphatic rings. The minimum atomic E-state index is -2.05. The molecular weight excluding hydrogens is 1490 g/mol. The van der Waals surface area contributed by atoms with Crippen LogP contribution >= 0.6 is 214 Å². The summed E-state index contributed by atoms with van der Waals surface area (Å²) < 4.78 is -6.97. The molecule has 0 heterocycles. The Hall–Kier alpha value is 6.46. The Morgan fingerprint density at radius 3 is 1.30 bits per heavy atom. The van der Waals surface area contributed by atoms with Gasteiger partial charge in [-0.1, -0.05) is 213 Å². The second-order valence-corrected chi connectivity index (χ2v) is 159. The van der Waals surface area contributed by atoms with E-state index >= 15 is 0 Å². The van der Waals surface area contributed by atoms with Gasteiger partial charge >= 0.3 is 0 Å². The highest BCUT2D eigenvalue weighted by Gasteiger charge is 2.65. The van der Waals surface area contributed by atoms with Crippen LogP contribution in [0.2, 0.25) is 0 Å². The number of rotatable bonds is 7. The molecule has 0 saturated carbocycles. The van der Waals surface area contributed by atoms with Crippen molar-refractivity contribution in [2.75, 3.05) is 0 Å². The van der Waals surface area contributed by atoms with Gasteiger partial charge < -0.3 is 0 Å². The Balaban J connectivity index is 0.000000599. The quantitative estimate of drug-likeness (QED) is 0.191. The summed E-state index contributed by atoms with van der Waals surface area (Å²) in [5.74, 6) is 0.494. The molecule has 2 rings (SSSR count). The van der Waals surface area contributed by atoms with Crippen LogP contribution in [0, 0.1) is 0 Å². The van der Waals surface area contributed by atoms with Crippen molar-refractivity contribution >= 4 is 245 Å². The molecule has 0 unspecified atom stereocenters. The standard InChI is InChI=1S/C9H11Br7Si3.C8H10.Br7HSi3/c1-7(2)8-5-3-4-6-9(8)17(10,18(11,12)13)19(14,15)16;1-2-8-6-4-3-5-7-8;1-8(2)10(6,7)9(3,4)5/h3-7H,1-2H3;3-7H,2H2,1H3;8H. The van der Waals surface area contributed by atoms with Crippen LogP contribution in [0.4, 0.5) is 0 Å². The van der Waals surface area contributed by atoms with Gasteiger partial charge in [-0.15, -0.1) is 76.5 Å². The molecule has 0 aliphatic carbocycles. The van der Waals surface area contributed by atoms with Gasteiger partial charge in [0.2, 0.25) is 15.6 Å². The Morgan fingerprint density at radius 1 is 0.622 bits per heavy atom. The lowest BCUT2D eigenvalue weighted by Gasteiger charge is -2.38. The molecule has 37 heavy (non-hydrogen) atoms. The van der Waals surface area contributed by atoms with Gasteiger partial charge in [0.1, 0.15) is 0 Å². The fourth-order valence-electron chi connectivity index (χ4n) is 2.62. The lowest BCUT2D eigenvalue weighted by atomic mass is 10.0. The Morgan fingerprint density at radius 2 is 1.03 bits per heavy atom. The molecule has 20 heteroatoms. The van der Waals surface area contributed by atoms with Gasteiger partial charge in [-0.05, 0) is 28.7 Å². The summed E-state index contributed by atoms with van der Waals surface area (Å²) in [5, 5.41) is 1.42. The molecule has 0 spiro atoms. The molecule has 212 valence electrons. The second kappa shape index (κ2) is 19.3. The zero-order valence-corrected chi connectivity index (χ0v) is 47.7. The number of hydrogen-bond acceptors (Lipinski definition) is 0. The van der Waals surface area contributed by atoms with E-state index < -0.39 is 26.0 Å². The van der Waals surface area contributed by atoms with E-state index in [0.29, 0.717) is 5.92 Å². The normalized spacial score (nSPS) is 13.1. The van der Waals surface area contributed by atoms with Crippen molar-refractivity contribution in [3.8, 4) is 0 Å². The molecule has 0 saturated heterocycles. The lowest BCUT2D eigenvalue weighted by molar-refractivity contribution is 0.873. The molecule has 0 N–H and O–H groups in total. The molecule has 0 nitrogen and oxygen atoms in total. The summed E-state index contributed by atoms with van der Waals surface area (Å²) in [6.07, 6.45) is 1.14. The Kier molecular flexibility index (Phi) is 22.7. The smallest absolute Gasteiger partial charge is 0.121 e. The maximum absolute atomic E-state index is 4.13. The van der Waals surface area contributed by atoms with Crippen LogP contribution in [0.5, 0.6) is 0 Å². The minimum Gasteiger partial charge on any atom is -0.121 e. The van der Waals surface area contributed by atoms with Crippen LogP contribution in [0.25, 0.3) is 0 Å². The Bertz CT molecular complexity index is 930. The average molecular weight is 1510 g/mol. The van der Waals surface area contributed by atoms with E-state index in [0.717, 1.165) is 6.42 Å². The van der Waals surface area contributed by atoms with E-state index in [9.17, 15) is 0 Å². The summed E-state index contributed by atoms with van der Waals surface area (Å²) in [5.41, 5.74) is -0.223. The van der Waals surface area contributed by atoms with E-state index in [1.165, 1.54) is 16.3 Å². The first-order valence-corrected chi connectivity index (χ1v) is 58.5. The van der Waals surface area contributed by atoms with Gasteiger partial charge in [0.15, 0.2) is 0 Å². The van der Waals surface area contributed by atoms with Gasteiger partial charge in [0.25, 0.3) is 10.3 Å². The summed E-state index contributed by atoms with van der Waals surface area (Å²) in [6, 6.07) is 19.2. The number of halogens is 14. The largest absolute Gasteiger partial charge is 0.277 e. The number of benzene rings is 2. The second-order valence-electron chi connectivity index (χ2n) is 7.66. The number of aryl methyl sites for hydroxylation is 1. The van der Waals surface area contributed by atoms with Crippen molar-refractivity contribution in [2.24, 2.45) is 0 Å². The topological polar surface area (TPSA) is 0 Å². The maximum Gasteiger partial charge on any atom is 0.277 e. The minimum absolute atomic E-state index is 0.494. The summed E-state index contributed by atoms with van der Waals surface area (Å²) in [6.45, 7) is 6.64. The van der Waals surface area contributed by atoms with Gasteiger partial charge in [-0.25, -0.2) is 0 Å². The monoisotopic (exact) mass is 1500 g/mol. The fourth-order valence-corrected chi connectivity index (χ4v) is 227. The maximum atomic E-state index is 4.13. The van der Waals surface area contributed by atoms with Crippen molar-refractivity contribution in [3.05, 3.63) is 65.7 Å². The summed E-state index contributed by atoms with van der Waals surface area (Å²) >= 11 is 52.9. The SMILES string of the molecule is Br[SiH](Br)[Si](Br)(Br)[Si](Br)(Br)Br.CC(C)c1ccccc1[Si](Br)([Si](Br)(Br)Br)[Si](Br)(Br)Br.CCc1ccccc1. The van der Waals surface area contributed by atoms with Crippen LogP contribution in [0.3, 0.4) is 0 Å². The van der Waals surface area contributed by atoms with E-state index in [1.807, 2.05) is 6.07 Å². The van der Waals surface area contributed by atoms with Gasteiger partial charge in [-0.2, -0.15) is 0 Å². The third-order valence-electron chi connectivity index (χ3n) is 4.64. The Labute approximate surface area is 337 Å². The zero-order chi connectivity index (χ0) is 29.5. The first kappa shape index (κ1) is 43.5. The van der Waals surface area contributed by atoms with Crippen molar-refractivity contribution < 1.29 is 0 Å². The molecule has 2 aromatic carbocycles. The predicted molar refractivity (Wildman–Crippen MR) is 237 cm³/mol. The van der Waals surface area contributed by atoms with E-state index in [-0.39, 0.29) is 0 Å². The van der Waals surface area contributed by atoms with Crippen molar-refractivity contribution in [3.63, 3.8) is 0 Å². The third-order valence-corrected chi connectivity index (χ3v) is 243. The zero-order valence-electron chi connectivity index (χ0n) is 19.3. The molecular formula is C17H22Br14Si6. The van der Waals surface area contributed by atoms with Gasteiger partial charge in [-0.3, -0.25) is 0 Å². The van der Waals surface area contributed by atoms with E-state index in [2.05, 4.69) is 283 Å². The average Bonchev–Trinajstić information content (AvgIpc) is 2.77. The van der Waals surface area contributed by atoms with E-state index in [1.54, 1.807) is 0 Å². The fraction of sp³-hybridized carbons (Fsp3) is 0.294. The molecule has 0 radical (unpaired) electrons. The lowest BCUT2D eigenvalue weighted by Crippen LogP contribution is -2.68. The molecule has 0 aromatic heterocycles. The highest BCUT2D eigenvalue weighted by Crippen LogP contribution is 2.52. The molecule has 2 aromatic rings. The number of hydrogen-bond donors (Lipinski definition) is 0. The van der Waals surface area contributed by atoms with Crippen molar-refractivity contribution in [1.82, 2.24) is 0 Å². The van der Waals surface area contributed by atoms with Crippen molar-refractivity contribution in [2.45, 2.75) is 33.1 Å². The highest BCUT2D eigenvalue weighted by molar-refractivity contribution is 9.84. The van der Waals surface area contributed by atoms with E-state index in [4.69, 9.17) is 0 Å². The molecule has 0 atom stereocenters. The van der Waals surface area contributed by atoms with Gasteiger partial charge in [0, 0.05) is 0 Å². The van der Waals surface area contributed by atoms with Crippen LogP contribution in [0.15, 0.2) is 54.6 Å². The molecule has 0 bridgehead atoms. The molecule has 0 aliphatic heterocycles. The van der Waals surface area contributed by atoms with Crippen LogP contribution in [0.1, 0.15) is 37.8 Å². The first-order valence-electron chi connectivity index (χ1n) is 10.2. The van der Waals surface area contributed by atoms with Crippen LogP contribution < -0.4 is 5.19 Å². The van der Waals surface area contributed by atoms with Crippen LogP contribution in [-0.2, 0) is 6.42 Å². The molecule has 0 fully saturated rings. The summed E-state index contributed by atoms with van der Waals surface area (Å²) in [4.78, 5) is 0. The first-order chi connectivity index (χ1) is 16.6. The van der Waals surface area contributed by atoms with Crippen molar-refractivity contribution in [1.29, 1.82) is 0 Å². The predicted octanol–water partition coefficient (Wildman–Crippen LogP) is 13.5. The summed E-state index contributed by atoms with van der Waals surface area (Å²) in [7, 11) is 0. The third kappa shape index (κ3) is 14.0. The van der Waals surface area contributed by atoms with Gasteiger partial charge in [0.05, 0.1) is 0 Å².